The Morgan fingerprint density at radius 3 is 2.56 bits per heavy atom. The molecule has 15 heteroatoms. The van der Waals surface area contributed by atoms with Gasteiger partial charge in [-0.25, -0.2) is 13.8 Å². The second-order valence-electron chi connectivity index (χ2n) is 9.22. The summed E-state index contributed by atoms with van der Waals surface area (Å²) in [5, 5.41) is 2.56. The summed E-state index contributed by atoms with van der Waals surface area (Å²) in [5.41, 5.74) is -3.79. The molecule has 0 bridgehead atoms. The summed E-state index contributed by atoms with van der Waals surface area (Å²) in [6.07, 6.45) is -1.46. The summed E-state index contributed by atoms with van der Waals surface area (Å²) in [4.78, 5) is 38.4. The predicted octanol–water partition coefficient (Wildman–Crippen LogP) is 3.00. The number of nitrogens with zero attached hydrogens (tertiary/aromatic N) is 1. The lowest BCUT2D eigenvalue weighted by atomic mass is 9.98. The molecule has 1 aromatic carbocycles. The number of benzene rings is 1. The van der Waals surface area contributed by atoms with Gasteiger partial charge >= 0.3 is 19.4 Å². The summed E-state index contributed by atoms with van der Waals surface area (Å²) < 4.78 is 58.9. The summed E-state index contributed by atoms with van der Waals surface area (Å²) >= 11 is 1.29. The minimum Gasteiger partial charge on any atom is -0.462 e. The molecule has 3 rings (SSSR count). The number of esters is 1. The Kier molecular flexibility index (Phi) is 10.5. The average molecular weight is 590 g/mol. The molecule has 0 radical (unpaired) electrons. The predicted molar refractivity (Wildman–Crippen MR) is 142 cm³/mol. The Balaban J connectivity index is 1.87. The third kappa shape index (κ3) is 8.03. The van der Waals surface area contributed by atoms with Crippen molar-refractivity contribution in [2.24, 2.45) is 0 Å². The zero-order chi connectivity index (χ0) is 28.8. The van der Waals surface area contributed by atoms with Crippen molar-refractivity contribution in [1.82, 2.24) is 14.6 Å². The lowest BCUT2D eigenvalue weighted by molar-refractivity contribution is -0.149. The minimum atomic E-state index is -4.28. The van der Waals surface area contributed by atoms with Crippen molar-refractivity contribution in [2.45, 2.75) is 63.9 Å². The molecule has 0 amide bonds. The fraction of sp³-hybridized carbons (Fsp3) is 0.542. The van der Waals surface area contributed by atoms with Crippen molar-refractivity contribution in [1.29, 1.82) is 0 Å². The van der Waals surface area contributed by atoms with E-state index >= 15 is 4.39 Å². The van der Waals surface area contributed by atoms with Crippen LogP contribution in [0.5, 0.6) is 5.75 Å². The van der Waals surface area contributed by atoms with Gasteiger partial charge in [0.05, 0.1) is 18.6 Å². The number of hydrogen-bond donors (Lipinski definition) is 2. The zero-order valence-electron chi connectivity index (χ0n) is 22.2. The van der Waals surface area contributed by atoms with Crippen LogP contribution in [0.25, 0.3) is 0 Å². The highest BCUT2D eigenvalue weighted by Crippen LogP contribution is 2.48. The van der Waals surface area contributed by atoms with Gasteiger partial charge in [-0.15, -0.1) is 11.8 Å². The Labute approximate surface area is 229 Å². The molecule has 0 aliphatic carbocycles. The lowest BCUT2D eigenvalue weighted by Gasteiger charge is -2.28. The number of alkyl halides is 1. The molecule has 0 spiro atoms. The van der Waals surface area contributed by atoms with Crippen LogP contribution in [0.2, 0.25) is 0 Å². The molecule has 2 aromatic rings. The number of thioether (sulfide) groups is 1. The Hall–Kier alpha value is -2.48. The number of carbonyl (C=O) groups is 1. The fourth-order valence-corrected chi connectivity index (χ4v) is 5.65. The number of aromatic amines is 1. The number of aromatic nitrogens is 2. The minimum absolute atomic E-state index is 0.0891. The Bertz CT molecular complexity index is 1270. The van der Waals surface area contributed by atoms with Crippen molar-refractivity contribution in [3.63, 3.8) is 0 Å². The molecule has 2 heterocycles. The summed E-state index contributed by atoms with van der Waals surface area (Å²) in [5.74, 6) is -0.405. The number of ether oxygens (including phenoxy) is 3. The standard InChI is InChI=1S/C24H33FN3O9PS/c1-15(2)35-21(30)16(3)27-38(32,37-17-9-7-6-8-10-17)34-13-18-20(33-14-39-5)24(4,25)22(36-18)28-12-11-19(29)26-23(28)31/h6-12,15-16,18,20,22H,13-14H2,1-5H3,(H,27,32)(H,26,29,31)/t16-,18+,20+,22?,24+,38-/m0/s1. The van der Waals surface area contributed by atoms with Crippen LogP contribution < -0.4 is 20.9 Å². The van der Waals surface area contributed by atoms with E-state index in [-0.39, 0.29) is 11.7 Å². The number of hydrogen-bond acceptors (Lipinski definition) is 10. The highest BCUT2D eigenvalue weighted by molar-refractivity contribution is 7.98. The van der Waals surface area contributed by atoms with E-state index in [1.807, 2.05) is 0 Å². The molecule has 1 fully saturated rings. The van der Waals surface area contributed by atoms with Gasteiger partial charge in [0.1, 0.15) is 24.0 Å². The molecule has 1 unspecified atom stereocenters. The molecule has 1 aromatic heterocycles. The van der Waals surface area contributed by atoms with E-state index in [2.05, 4.69) is 10.1 Å². The van der Waals surface area contributed by atoms with Crippen LogP contribution in [0, 0.1) is 0 Å². The van der Waals surface area contributed by atoms with E-state index in [9.17, 15) is 18.9 Å². The second-order valence-corrected chi connectivity index (χ2v) is 11.7. The van der Waals surface area contributed by atoms with E-state index in [1.54, 1.807) is 50.4 Å². The molecule has 1 aliphatic heterocycles. The molecule has 2 N–H and O–H groups in total. The second kappa shape index (κ2) is 13.2. The van der Waals surface area contributed by atoms with Crippen LogP contribution in [-0.4, -0.2) is 64.3 Å². The summed E-state index contributed by atoms with van der Waals surface area (Å²) in [6.45, 7) is 5.47. The monoisotopic (exact) mass is 589 g/mol. The third-order valence-electron chi connectivity index (χ3n) is 5.58. The topological polar surface area (TPSA) is 147 Å². The van der Waals surface area contributed by atoms with Gasteiger partial charge in [-0.3, -0.25) is 23.7 Å². The fourth-order valence-electron chi connectivity index (χ4n) is 3.87. The quantitative estimate of drug-likeness (QED) is 0.202. The first kappa shape index (κ1) is 31.1. The van der Waals surface area contributed by atoms with E-state index in [4.69, 9.17) is 23.3 Å². The largest absolute Gasteiger partial charge is 0.462 e. The van der Waals surface area contributed by atoms with Crippen LogP contribution >= 0.6 is 19.5 Å². The molecule has 216 valence electrons. The number of nitrogens with one attached hydrogen (secondary N) is 2. The molecular weight excluding hydrogens is 556 g/mol. The van der Waals surface area contributed by atoms with E-state index in [0.29, 0.717) is 0 Å². The molecule has 39 heavy (non-hydrogen) atoms. The van der Waals surface area contributed by atoms with E-state index in [1.165, 1.54) is 25.6 Å². The van der Waals surface area contributed by atoms with Crippen LogP contribution in [-0.2, 0) is 28.1 Å². The highest BCUT2D eigenvalue weighted by atomic mass is 32.2. The molecular formula is C24H33FN3O9PS. The average Bonchev–Trinajstić information content (AvgIpc) is 3.10. The first-order valence-electron chi connectivity index (χ1n) is 12.1. The van der Waals surface area contributed by atoms with Gasteiger partial charge in [-0.2, -0.15) is 5.09 Å². The van der Waals surface area contributed by atoms with E-state index < -0.39 is 67.8 Å². The first-order chi connectivity index (χ1) is 18.4. The van der Waals surface area contributed by atoms with Crippen molar-refractivity contribution in [2.75, 3.05) is 18.8 Å². The van der Waals surface area contributed by atoms with Gasteiger partial charge in [0.25, 0.3) is 5.56 Å². The smallest absolute Gasteiger partial charge is 0.459 e. The number of carbonyl (C=O) groups excluding carboxylic acids is 1. The number of H-pyrrole nitrogens is 1. The van der Waals surface area contributed by atoms with Crippen molar-refractivity contribution in [3.05, 3.63) is 63.4 Å². The molecule has 1 saturated heterocycles. The maximum Gasteiger partial charge on any atom is 0.459 e. The first-order valence-corrected chi connectivity index (χ1v) is 15.0. The lowest BCUT2D eigenvalue weighted by Crippen LogP contribution is -2.45. The number of para-hydroxylation sites is 1. The normalized spacial score (nSPS) is 25.3. The van der Waals surface area contributed by atoms with Gasteiger partial charge in [0, 0.05) is 12.3 Å². The van der Waals surface area contributed by atoms with Gasteiger partial charge in [0.15, 0.2) is 11.9 Å². The van der Waals surface area contributed by atoms with E-state index in [0.717, 1.165) is 16.8 Å². The van der Waals surface area contributed by atoms with Gasteiger partial charge < -0.3 is 18.7 Å². The molecule has 1 aliphatic rings. The zero-order valence-corrected chi connectivity index (χ0v) is 23.9. The molecule has 0 saturated carbocycles. The summed E-state index contributed by atoms with van der Waals surface area (Å²) in [6, 6.07) is 8.11. The number of rotatable bonds is 13. The molecule has 6 atom stereocenters. The van der Waals surface area contributed by atoms with Gasteiger partial charge in [-0.05, 0) is 46.1 Å². The Morgan fingerprint density at radius 2 is 1.95 bits per heavy atom. The SMILES string of the molecule is CSCO[C@@H]1[C@@H](CO[P@@](=O)(N[C@@H](C)C(=O)OC(C)C)Oc2ccccc2)OC(n2ccc(=O)[nH]c2=O)[C@]1(C)F. The summed E-state index contributed by atoms with van der Waals surface area (Å²) in [7, 11) is -4.28. The maximum absolute atomic E-state index is 16.1. The number of halogens is 1. The van der Waals surface area contributed by atoms with Gasteiger partial charge in [0.2, 0.25) is 0 Å². The van der Waals surface area contributed by atoms with Crippen molar-refractivity contribution >= 4 is 25.5 Å². The van der Waals surface area contributed by atoms with Crippen LogP contribution in [0.4, 0.5) is 4.39 Å². The van der Waals surface area contributed by atoms with Crippen molar-refractivity contribution in [3.8, 4) is 5.75 Å². The van der Waals surface area contributed by atoms with Crippen LogP contribution in [0.3, 0.4) is 0 Å². The maximum atomic E-state index is 16.1. The Morgan fingerprint density at radius 1 is 1.26 bits per heavy atom. The van der Waals surface area contributed by atoms with Crippen LogP contribution in [0.15, 0.2) is 52.2 Å². The van der Waals surface area contributed by atoms with Crippen molar-refractivity contribution < 1.29 is 37.0 Å². The third-order valence-corrected chi connectivity index (χ3v) is 7.60. The van der Waals surface area contributed by atoms with Gasteiger partial charge in [-0.1, -0.05) is 18.2 Å². The molecule has 12 nitrogen and oxygen atoms in total. The highest BCUT2D eigenvalue weighted by Gasteiger charge is 2.57. The van der Waals surface area contributed by atoms with Crippen LogP contribution in [0.1, 0.15) is 33.9 Å².